The van der Waals surface area contributed by atoms with Gasteiger partial charge in [0.05, 0.1) is 19.4 Å². The highest BCUT2D eigenvalue weighted by molar-refractivity contribution is 5.92. The second-order valence-corrected chi connectivity index (χ2v) is 8.40. The van der Waals surface area contributed by atoms with Gasteiger partial charge in [-0.3, -0.25) is 14.4 Å². The minimum absolute atomic E-state index is 0.0337. The Kier molecular flexibility index (Phi) is 17.5. The van der Waals surface area contributed by atoms with Crippen molar-refractivity contribution in [1.29, 1.82) is 0 Å². The molecule has 0 aliphatic rings. The van der Waals surface area contributed by atoms with Crippen LogP contribution in [0.1, 0.15) is 117 Å². The molecule has 0 aromatic heterocycles. The summed E-state index contributed by atoms with van der Waals surface area (Å²) in [5.41, 5.74) is -2.67. The van der Waals surface area contributed by atoms with E-state index in [-0.39, 0.29) is 13.0 Å². The summed E-state index contributed by atoms with van der Waals surface area (Å²) in [7, 11) is 0. The summed E-state index contributed by atoms with van der Waals surface area (Å²) in [6, 6.07) is 0. The van der Waals surface area contributed by atoms with E-state index in [2.05, 4.69) is 11.7 Å². The van der Waals surface area contributed by atoms with E-state index in [0.29, 0.717) is 12.8 Å². The number of aliphatic hydroxyl groups is 1. The maximum atomic E-state index is 11.9. The molecule has 0 aromatic carbocycles. The number of carbonyl (C=O) groups is 4. The topological polar surface area (TPSA) is 127 Å². The third-order valence-corrected chi connectivity index (χ3v) is 5.24. The number of carboxylic acid groups (broad SMARTS) is 1. The molecule has 1 atom stereocenters. The molecule has 32 heavy (non-hydrogen) atoms. The van der Waals surface area contributed by atoms with Crippen molar-refractivity contribution in [2.45, 2.75) is 122 Å². The minimum atomic E-state index is -2.67. The summed E-state index contributed by atoms with van der Waals surface area (Å²) in [5.74, 6) is -4.62. The molecule has 0 amide bonds. The fourth-order valence-corrected chi connectivity index (χ4v) is 3.25. The van der Waals surface area contributed by atoms with Crippen LogP contribution in [0, 0.1) is 0 Å². The largest absolute Gasteiger partial charge is 0.479 e. The van der Waals surface area contributed by atoms with Crippen LogP contribution in [-0.2, 0) is 28.7 Å². The molecule has 2 N–H and O–H groups in total. The number of aliphatic carboxylic acids is 1. The van der Waals surface area contributed by atoms with Gasteiger partial charge in [-0.15, -0.1) is 0 Å². The fraction of sp³-hybridized carbons (Fsp3) is 0.833. The molecule has 0 bridgehead atoms. The molecule has 0 fully saturated rings. The number of unbranched alkanes of at least 4 members (excludes halogenated alkanes) is 11. The number of rotatable bonds is 20. The molecule has 0 aliphatic carbocycles. The van der Waals surface area contributed by atoms with E-state index in [1.807, 2.05) is 6.92 Å². The number of carbonyl (C=O) groups excluding carboxylic acids is 3. The van der Waals surface area contributed by atoms with Gasteiger partial charge in [0.25, 0.3) is 0 Å². The zero-order valence-electron chi connectivity index (χ0n) is 19.9. The number of ether oxygens (including phenoxy) is 2. The first-order valence-corrected chi connectivity index (χ1v) is 12.1. The molecule has 0 spiro atoms. The normalized spacial score (nSPS) is 12.7. The van der Waals surface area contributed by atoms with E-state index in [9.17, 15) is 29.4 Å². The second kappa shape index (κ2) is 18.6. The van der Waals surface area contributed by atoms with Crippen molar-refractivity contribution < 1.29 is 38.9 Å². The van der Waals surface area contributed by atoms with Gasteiger partial charge < -0.3 is 19.7 Å². The zero-order chi connectivity index (χ0) is 24.2. The number of hydrogen-bond donors (Lipinski definition) is 2. The molecule has 8 nitrogen and oxygen atoms in total. The predicted octanol–water partition coefficient (Wildman–Crippen LogP) is 4.70. The first-order chi connectivity index (χ1) is 15.2. The third-order valence-electron chi connectivity index (χ3n) is 5.24. The van der Waals surface area contributed by atoms with Gasteiger partial charge in [0.15, 0.2) is 5.60 Å². The van der Waals surface area contributed by atoms with Gasteiger partial charge in [-0.1, -0.05) is 84.5 Å². The summed E-state index contributed by atoms with van der Waals surface area (Å²) < 4.78 is 9.55. The van der Waals surface area contributed by atoms with Crippen LogP contribution < -0.4 is 0 Å². The summed E-state index contributed by atoms with van der Waals surface area (Å²) in [5, 5.41) is 19.5. The van der Waals surface area contributed by atoms with E-state index in [1.54, 1.807) is 0 Å². The van der Waals surface area contributed by atoms with Crippen molar-refractivity contribution in [3.8, 4) is 0 Å². The third kappa shape index (κ3) is 15.8. The van der Waals surface area contributed by atoms with Crippen molar-refractivity contribution in [1.82, 2.24) is 0 Å². The molecule has 0 saturated carbocycles. The Labute approximate surface area is 192 Å². The Bertz CT molecular complexity index is 560. The van der Waals surface area contributed by atoms with E-state index in [1.165, 1.54) is 38.5 Å². The zero-order valence-corrected chi connectivity index (χ0v) is 19.9. The van der Waals surface area contributed by atoms with Gasteiger partial charge in [-0.2, -0.15) is 0 Å². The summed E-state index contributed by atoms with van der Waals surface area (Å²) >= 11 is 0. The van der Waals surface area contributed by atoms with Gasteiger partial charge in [0, 0.05) is 6.42 Å². The van der Waals surface area contributed by atoms with Crippen LogP contribution in [0.25, 0.3) is 0 Å². The second-order valence-electron chi connectivity index (χ2n) is 8.40. The summed E-state index contributed by atoms with van der Waals surface area (Å²) in [6.07, 6.45) is 11.7. The molecule has 8 heteroatoms. The lowest BCUT2D eigenvalue weighted by Gasteiger charge is -2.21. The Hall–Kier alpha value is -1.96. The molecule has 0 heterocycles. The fourth-order valence-electron chi connectivity index (χ4n) is 3.25. The lowest BCUT2D eigenvalue weighted by atomic mass is 9.96. The lowest BCUT2D eigenvalue weighted by Crippen LogP contribution is -2.43. The molecule has 186 valence electrons. The lowest BCUT2D eigenvalue weighted by molar-refractivity contribution is -0.175. The van der Waals surface area contributed by atoms with Crippen LogP contribution in [0.15, 0.2) is 0 Å². The standard InChI is InChI=1S/C24H42O8/c1-3-5-7-8-9-10-11-12-13-15-17-31-21(26)18-24(30,23(28)29)19-22(27)32-20(25)16-14-6-4-2/h30H,3-19H2,1-2H3,(H,28,29). The maximum absolute atomic E-state index is 11.9. The molecular formula is C24H42O8. The van der Waals surface area contributed by atoms with Gasteiger partial charge in [0.2, 0.25) is 0 Å². The van der Waals surface area contributed by atoms with Crippen molar-refractivity contribution in [2.75, 3.05) is 6.61 Å². The Morgan fingerprint density at radius 1 is 0.656 bits per heavy atom. The van der Waals surface area contributed by atoms with E-state index >= 15 is 0 Å². The van der Waals surface area contributed by atoms with Gasteiger partial charge in [-0.25, -0.2) is 4.79 Å². The van der Waals surface area contributed by atoms with Crippen molar-refractivity contribution in [3.05, 3.63) is 0 Å². The first kappa shape index (κ1) is 30.0. The highest BCUT2D eigenvalue weighted by Crippen LogP contribution is 2.19. The Morgan fingerprint density at radius 2 is 1.12 bits per heavy atom. The van der Waals surface area contributed by atoms with Crippen molar-refractivity contribution in [2.24, 2.45) is 0 Å². The molecule has 1 unspecified atom stereocenters. The van der Waals surface area contributed by atoms with Crippen molar-refractivity contribution in [3.63, 3.8) is 0 Å². The molecule has 0 aliphatic heterocycles. The van der Waals surface area contributed by atoms with Gasteiger partial charge >= 0.3 is 23.9 Å². The average Bonchev–Trinajstić information content (AvgIpc) is 2.71. The summed E-state index contributed by atoms with van der Waals surface area (Å²) in [6.45, 7) is 4.28. The molecule has 0 radical (unpaired) electrons. The minimum Gasteiger partial charge on any atom is -0.479 e. The quantitative estimate of drug-likeness (QED) is 0.153. The smallest absolute Gasteiger partial charge is 0.336 e. The average molecular weight is 459 g/mol. The van der Waals surface area contributed by atoms with Crippen LogP contribution >= 0.6 is 0 Å². The van der Waals surface area contributed by atoms with Crippen molar-refractivity contribution >= 4 is 23.9 Å². The SMILES string of the molecule is CCCCCCCCCCCCOC(=O)CC(O)(CC(=O)OC(=O)CCCCC)C(=O)O. The van der Waals surface area contributed by atoms with Gasteiger partial charge in [-0.05, 0) is 12.8 Å². The molecule has 0 rings (SSSR count). The van der Waals surface area contributed by atoms with E-state index in [4.69, 9.17) is 4.74 Å². The molecule has 0 aromatic rings. The molecular weight excluding hydrogens is 416 g/mol. The van der Waals surface area contributed by atoms with E-state index < -0.39 is 42.3 Å². The summed E-state index contributed by atoms with van der Waals surface area (Å²) in [4.78, 5) is 46.7. The number of carboxylic acids is 1. The number of hydrogen-bond acceptors (Lipinski definition) is 7. The van der Waals surface area contributed by atoms with Gasteiger partial charge in [0.1, 0.15) is 0 Å². The monoisotopic (exact) mass is 458 g/mol. The van der Waals surface area contributed by atoms with Crippen LogP contribution in [0.4, 0.5) is 0 Å². The van der Waals surface area contributed by atoms with Crippen LogP contribution in [0.3, 0.4) is 0 Å². The van der Waals surface area contributed by atoms with Crippen LogP contribution in [-0.4, -0.2) is 46.3 Å². The molecule has 0 saturated heterocycles. The maximum Gasteiger partial charge on any atom is 0.336 e. The highest BCUT2D eigenvalue weighted by Gasteiger charge is 2.42. The highest BCUT2D eigenvalue weighted by atomic mass is 16.6. The van der Waals surface area contributed by atoms with E-state index in [0.717, 1.165) is 32.1 Å². The first-order valence-electron chi connectivity index (χ1n) is 12.1. The Morgan fingerprint density at radius 3 is 1.66 bits per heavy atom. The Balaban J connectivity index is 4.11. The number of esters is 3. The van der Waals surface area contributed by atoms with Crippen LogP contribution in [0.5, 0.6) is 0 Å². The van der Waals surface area contributed by atoms with Crippen LogP contribution in [0.2, 0.25) is 0 Å². The predicted molar refractivity (Wildman–Crippen MR) is 120 cm³/mol.